The topological polar surface area (TPSA) is 26.3 Å². The number of esters is 1. The molecule has 2 heteroatoms. The van der Waals surface area contributed by atoms with Gasteiger partial charge in [-0.25, -0.2) is 0 Å². The molecule has 0 atom stereocenters. The smallest absolute Gasteiger partial charge is 0.310 e. The number of aryl methyl sites for hydroxylation is 2. The van der Waals surface area contributed by atoms with Crippen molar-refractivity contribution < 1.29 is 9.53 Å². The molecule has 0 fully saturated rings. The SMILES string of the molecule is Cc1ccc(C)c(CC(=O)OC(C)(C)C)c1. The van der Waals surface area contributed by atoms with Crippen LogP contribution in [0.15, 0.2) is 18.2 Å². The van der Waals surface area contributed by atoms with Gasteiger partial charge in [0.2, 0.25) is 0 Å². The molecular weight excluding hydrogens is 200 g/mol. The highest BCUT2D eigenvalue weighted by atomic mass is 16.6. The molecule has 0 aliphatic carbocycles. The summed E-state index contributed by atoms with van der Waals surface area (Å²) in [5.41, 5.74) is 2.95. The van der Waals surface area contributed by atoms with E-state index < -0.39 is 5.60 Å². The van der Waals surface area contributed by atoms with Crippen LogP contribution in [0.4, 0.5) is 0 Å². The summed E-state index contributed by atoms with van der Waals surface area (Å²) in [4.78, 5) is 11.7. The molecule has 0 unspecified atom stereocenters. The van der Waals surface area contributed by atoms with E-state index in [9.17, 15) is 4.79 Å². The van der Waals surface area contributed by atoms with Gasteiger partial charge in [-0.2, -0.15) is 0 Å². The van der Waals surface area contributed by atoms with E-state index in [2.05, 4.69) is 0 Å². The van der Waals surface area contributed by atoms with E-state index in [0.29, 0.717) is 6.42 Å². The molecule has 0 N–H and O–H groups in total. The third-order valence-corrected chi connectivity index (χ3v) is 2.26. The monoisotopic (exact) mass is 220 g/mol. The average molecular weight is 220 g/mol. The van der Waals surface area contributed by atoms with Gasteiger partial charge in [-0.1, -0.05) is 23.8 Å². The minimum absolute atomic E-state index is 0.166. The van der Waals surface area contributed by atoms with Crippen molar-refractivity contribution in [3.63, 3.8) is 0 Å². The van der Waals surface area contributed by atoms with Crippen LogP contribution in [0.2, 0.25) is 0 Å². The minimum atomic E-state index is -0.408. The van der Waals surface area contributed by atoms with Gasteiger partial charge in [-0.15, -0.1) is 0 Å². The number of hydrogen-bond donors (Lipinski definition) is 0. The first-order valence-electron chi connectivity index (χ1n) is 5.56. The molecule has 88 valence electrons. The highest BCUT2D eigenvalue weighted by molar-refractivity contribution is 5.73. The summed E-state index contributed by atoms with van der Waals surface area (Å²) in [6.45, 7) is 9.69. The maximum absolute atomic E-state index is 11.7. The molecular formula is C14H20O2. The molecule has 1 aromatic rings. The van der Waals surface area contributed by atoms with Crippen LogP contribution in [-0.4, -0.2) is 11.6 Å². The number of hydrogen-bond acceptors (Lipinski definition) is 2. The van der Waals surface area contributed by atoms with Crippen LogP contribution < -0.4 is 0 Å². The summed E-state index contributed by atoms with van der Waals surface area (Å²) >= 11 is 0. The van der Waals surface area contributed by atoms with E-state index in [4.69, 9.17) is 4.74 Å². The zero-order valence-electron chi connectivity index (χ0n) is 10.8. The van der Waals surface area contributed by atoms with Crippen LogP contribution in [0.25, 0.3) is 0 Å². The van der Waals surface area contributed by atoms with E-state index in [0.717, 1.165) is 11.1 Å². The molecule has 0 heterocycles. The fourth-order valence-corrected chi connectivity index (χ4v) is 1.52. The second-order valence-corrected chi connectivity index (χ2v) is 5.19. The lowest BCUT2D eigenvalue weighted by Crippen LogP contribution is -2.25. The van der Waals surface area contributed by atoms with Gasteiger partial charge in [0.1, 0.15) is 5.60 Å². The van der Waals surface area contributed by atoms with Gasteiger partial charge in [0.25, 0.3) is 0 Å². The molecule has 0 radical (unpaired) electrons. The van der Waals surface area contributed by atoms with Crippen molar-refractivity contribution in [1.29, 1.82) is 0 Å². The quantitative estimate of drug-likeness (QED) is 0.715. The van der Waals surface area contributed by atoms with Crippen LogP contribution in [0, 0.1) is 13.8 Å². The molecule has 0 bridgehead atoms. The Morgan fingerprint density at radius 3 is 2.44 bits per heavy atom. The number of carbonyl (C=O) groups excluding carboxylic acids is 1. The van der Waals surface area contributed by atoms with Gasteiger partial charge >= 0.3 is 5.97 Å². The van der Waals surface area contributed by atoms with Crippen molar-refractivity contribution in [2.24, 2.45) is 0 Å². The Bertz CT molecular complexity index is 386. The van der Waals surface area contributed by atoms with Crippen molar-refractivity contribution in [3.8, 4) is 0 Å². The summed E-state index contributed by atoms with van der Waals surface area (Å²) < 4.78 is 5.30. The molecule has 1 rings (SSSR count). The normalized spacial score (nSPS) is 11.3. The Morgan fingerprint density at radius 2 is 1.88 bits per heavy atom. The highest BCUT2D eigenvalue weighted by Crippen LogP contribution is 2.14. The van der Waals surface area contributed by atoms with E-state index in [-0.39, 0.29) is 5.97 Å². The second-order valence-electron chi connectivity index (χ2n) is 5.19. The van der Waals surface area contributed by atoms with E-state index in [1.165, 1.54) is 5.56 Å². The number of rotatable bonds is 2. The van der Waals surface area contributed by atoms with Crippen molar-refractivity contribution in [1.82, 2.24) is 0 Å². The zero-order valence-corrected chi connectivity index (χ0v) is 10.8. The summed E-state index contributed by atoms with van der Waals surface area (Å²) in [6, 6.07) is 6.13. The summed E-state index contributed by atoms with van der Waals surface area (Å²) in [5, 5.41) is 0. The lowest BCUT2D eigenvalue weighted by Gasteiger charge is -2.19. The van der Waals surface area contributed by atoms with Gasteiger partial charge in [0, 0.05) is 0 Å². The van der Waals surface area contributed by atoms with E-state index in [1.807, 2.05) is 52.8 Å². The van der Waals surface area contributed by atoms with Gasteiger partial charge in [0.05, 0.1) is 6.42 Å². The standard InChI is InChI=1S/C14H20O2/c1-10-6-7-11(2)12(8-10)9-13(15)16-14(3,4)5/h6-8H,9H2,1-5H3. The van der Waals surface area contributed by atoms with Crippen molar-refractivity contribution in [3.05, 3.63) is 34.9 Å². The van der Waals surface area contributed by atoms with Gasteiger partial charge in [0.15, 0.2) is 0 Å². The largest absolute Gasteiger partial charge is 0.460 e. The predicted octanol–water partition coefficient (Wildman–Crippen LogP) is 3.19. The Labute approximate surface area is 97.6 Å². The number of ether oxygens (including phenoxy) is 1. The molecule has 0 amide bonds. The second kappa shape index (κ2) is 4.69. The fraction of sp³-hybridized carbons (Fsp3) is 0.500. The van der Waals surface area contributed by atoms with Crippen LogP contribution in [-0.2, 0) is 16.0 Å². The molecule has 0 saturated heterocycles. The van der Waals surface area contributed by atoms with Crippen LogP contribution in [0.3, 0.4) is 0 Å². The molecule has 16 heavy (non-hydrogen) atoms. The first kappa shape index (κ1) is 12.8. The fourth-order valence-electron chi connectivity index (χ4n) is 1.52. The van der Waals surface area contributed by atoms with Crippen LogP contribution >= 0.6 is 0 Å². The van der Waals surface area contributed by atoms with Gasteiger partial charge in [-0.3, -0.25) is 4.79 Å². The van der Waals surface area contributed by atoms with Crippen LogP contribution in [0.5, 0.6) is 0 Å². The lowest BCUT2D eigenvalue weighted by molar-refractivity contribution is -0.153. The summed E-state index contributed by atoms with van der Waals surface area (Å²) in [5.74, 6) is -0.166. The minimum Gasteiger partial charge on any atom is -0.460 e. The molecule has 2 nitrogen and oxygen atoms in total. The maximum atomic E-state index is 11.7. The average Bonchev–Trinajstić information content (AvgIpc) is 2.08. The Kier molecular flexibility index (Phi) is 3.74. The molecule has 0 aromatic heterocycles. The summed E-state index contributed by atoms with van der Waals surface area (Å²) in [7, 11) is 0. The Balaban J connectivity index is 2.73. The Hall–Kier alpha value is -1.31. The zero-order chi connectivity index (χ0) is 12.3. The van der Waals surface area contributed by atoms with Gasteiger partial charge < -0.3 is 4.74 Å². The first-order chi connectivity index (χ1) is 7.28. The molecule has 0 aliphatic heterocycles. The Morgan fingerprint density at radius 1 is 1.25 bits per heavy atom. The van der Waals surface area contributed by atoms with Crippen molar-refractivity contribution in [2.75, 3.05) is 0 Å². The molecule has 1 aromatic carbocycles. The van der Waals surface area contributed by atoms with E-state index >= 15 is 0 Å². The third-order valence-electron chi connectivity index (χ3n) is 2.26. The maximum Gasteiger partial charge on any atom is 0.310 e. The van der Waals surface area contributed by atoms with Crippen molar-refractivity contribution in [2.45, 2.75) is 46.6 Å². The molecule has 0 spiro atoms. The number of carbonyl (C=O) groups is 1. The lowest BCUT2D eigenvalue weighted by atomic mass is 10.0. The number of benzene rings is 1. The highest BCUT2D eigenvalue weighted by Gasteiger charge is 2.17. The molecule has 0 saturated carbocycles. The van der Waals surface area contributed by atoms with Gasteiger partial charge in [-0.05, 0) is 45.7 Å². The third kappa shape index (κ3) is 4.05. The summed E-state index contributed by atoms with van der Waals surface area (Å²) in [6.07, 6.45) is 0.352. The molecule has 0 aliphatic rings. The van der Waals surface area contributed by atoms with E-state index in [1.54, 1.807) is 0 Å². The first-order valence-corrected chi connectivity index (χ1v) is 5.56. The predicted molar refractivity (Wildman–Crippen MR) is 65.5 cm³/mol. The van der Waals surface area contributed by atoms with Crippen LogP contribution in [0.1, 0.15) is 37.5 Å². The van der Waals surface area contributed by atoms with Crippen molar-refractivity contribution >= 4 is 5.97 Å².